The molecular weight excluding hydrogens is 397 g/mol. The number of hydrogen-bond donors (Lipinski definition) is 1. The van der Waals surface area contributed by atoms with Gasteiger partial charge in [-0.15, -0.1) is 22.7 Å². The summed E-state index contributed by atoms with van der Waals surface area (Å²) in [6.45, 7) is 0.468. The number of rotatable bonds is 7. The summed E-state index contributed by atoms with van der Waals surface area (Å²) in [5.41, 5.74) is 1.55. The fourth-order valence-electron chi connectivity index (χ4n) is 2.86. The van der Waals surface area contributed by atoms with Gasteiger partial charge in [0.05, 0.1) is 17.0 Å². The molecule has 2 heterocycles. The average Bonchev–Trinajstić information content (AvgIpc) is 3.17. The molecule has 8 heteroatoms. The minimum absolute atomic E-state index is 0.00624. The first-order valence-electron chi connectivity index (χ1n) is 8.91. The van der Waals surface area contributed by atoms with E-state index in [0.717, 1.165) is 18.4 Å². The molecule has 1 aliphatic rings. The number of nitrogens with zero attached hydrogens (tertiary/aromatic N) is 2. The largest absolute Gasteiger partial charge is 0.335 e. The van der Waals surface area contributed by atoms with Gasteiger partial charge in [0.25, 0.3) is 5.91 Å². The Morgan fingerprint density at radius 1 is 1.18 bits per heavy atom. The number of anilines is 1. The molecule has 0 unspecified atom stereocenters. The molecule has 144 valence electrons. The maximum Gasteiger partial charge on any atom is 0.267 e. The Morgan fingerprint density at radius 3 is 2.64 bits per heavy atom. The Kier molecular flexibility index (Phi) is 5.50. The highest BCUT2D eigenvalue weighted by molar-refractivity contribution is 7.14. The molecular formula is C20H18FN3O2S2. The second kappa shape index (κ2) is 8.20. The number of carbonyl (C=O) groups excluding carboxylic acids is 2. The molecule has 1 aromatic carbocycles. The van der Waals surface area contributed by atoms with Crippen molar-refractivity contribution in [3.8, 4) is 0 Å². The van der Waals surface area contributed by atoms with Gasteiger partial charge in [0.2, 0.25) is 5.91 Å². The second-order valence-corrected chi connectivity index (χ2v) is 8.44. The number of benzene rings is 1. The van der Waals surface area contributed by atoms with Crippen LogP contribution in [0.1, 0.15) is 33.8 Å². The van der Waals surface area contributed by atoms with E-state index >= 15 is 0 Å². The molecule has 0 bridgehead atoms. The molecule has 1 aliphatic carbocycles. The van der Waals surface area contributed by atoms with Crippen LogP contribution in [0.25, 0.3) is 0 Å². The summed E-state index contributed by atoms with van der Waals surface area (Å²) >= 11 is 2.67. The molecule has 1 N–H and O–H groups in total. The number of thiazole rings is 1. The van der Waals surface area contributed by atoms with Gasteiger partial charge in [-0.3, -0.25) is 14.9 Å². The van der Waals surface area contributed by atoms with Crippen LogP contribution in [0, 0.1) is 5.82 Å². The van der Waals surface area contributed by atoms with Gasteiger partial charge in [-0.2, -0.15) is 0 Å². The summed E-state index contributed by atoms with van der Waals surface area (Å²) < 4.78 is 13.1. The van der Waals surface area contributed by atoms with Crippen LogP contribution >= 0.6 is 22.7 Å². The quantitative estimate of drug-likeness (QED) is 0.625. The molecule has 3 aromatic rings. The van der Waals surface area contributed by atoms with E-state index in [1.165, 1.54) is 34.8 Å². The van der Waals surface area contributed by atoms with Crippen LogP contribution < -0.4 is 5.32 Å². The Bertz CT molecular complexity index is 966. The highest BCUT2D eigenvalue weighted by atomic mass is 32.1. The zero-order chi connectivity index (χ0) is 19.5. The molecule has 2 amide bonds. The molecule has 0 radical (unpaired) electrons. The first-order chi connectivity index (χ1) is 13.6. The topological polar surface area (TPSA) is 62.3 Å². The van der Waals surface area contributed by atoms with Gasteiger partial charge in [0, 0.05) is 18.0 Å². The molecule has 1 fully saturated rings. The Labute approximate surface area is 169 Å². The van der Waals surface area contributed by atoms with Crippen LogP contribution in [0.4, 0.5) is 9.52 Å². The van der Waals surface area contributed by atoms with E-state index in [-0.39, 0.29) is 30.1 Å². The van der Waals surface area contributed by atoms with Gasteiger partial charge in [0.15, 0.2) is 5.13 Å². The smallest absolute Gasteiger partial charge is 0.267 e. The molecule has 0 saturated heterocycles. The van der Waals surface area contributed by atoms with Crippen molar-refractivity contribution in [2.75, 3.05) is 5.32 Å². The van der Waals surface area contributed by atoms with Gasteiger partial charge in [0.1, 0.15) is 5.82 Å². The summed E-state index contributed by atoms with van der Waals surface area (Å²) in [6, 6.07) is 10.1. The Morgan fingerprint density at radius 2 is 1.96 bits per heavy atom. The number of halogens is 1. The van der Waals surface area contributed by atoms with Crippen molar-refractivity contribution >= 4 is 39.6 Å². The lowest BCUT2D eigenvalue weighted by Gasteiger charge is -2.22. The fourth-order valence-corrected chi connectivity index (χ4v) is 4.19. The SMILES string of the molecule is O=C(Nc1nc(CC(=O)N(Cc2ccc(F)cc2)C2CC2)cs1)c1cccs1. The van der Waals surface area contributed by atoms with Gasteiger partial charge >= 0.3 is 0 Å². The average molecular weight is 416 g/mol. The summed E-state index contributed by atoms with van der Waals surface area (Å²) in [6.07, 6.45) is 2.17. The number of amides is 2. The van der Waals surface area contributed by atoms with Crippen LogP contribution in [0.15, 0.2) is 47.2 Å². The minimum Gasteiger partial charge on any atom is -0.335 e. The maximum atomic E-state index is 13.1. The summed E-state index contributed by atoms with van der Waals surface area (Å²) in [7, 11) is 0. The number of nitrogens with one attached hydrogen (secondary N) is 1. The van der Waals surface area contributed by atoms with Crippen LogP contribution in [-0.4, -0.2) is 27.7 Å². The standard InChI is InChI=1S/C20H18FN3O2S2/c21-14-5-3-13(4-6-14)11-24(16-7-8-16)18(25)10-15-12-28-20(22-15)23-19(26)17-2-1-9-27-17/h1-6,9,12,16H,7-8,10-11H2,(H,22,23,26). The lowest BCUT2D eigenvalue weighted by Crippen LogP contribution is -2.33. The molecule has 0 atom stereocenters. The highest BCUT2D eigenvalue weighted by Crippen LogP contribution is 2.29. The van der Waals surface area contributed by atoms with Crippen molar-refractivity contribution in [3.05, 3.63) is 69.1 Å². The van der Waals surface area contributed by atoms with Gasteiger partial charge in [-0.05, 0) is 42.0 Å². The van der Waals surface area contributed by atoms with Crippen LogP contribution in [-0.2, 0) is 17.8 Å². The Balaban J connectivity index is 1.38. The van der Waals surface area contributed by atoms with E-state index in [0.29, 0.717) is 22.2 Å². The van der Waals surface area contributed by atoms with E-state index in [1.54, 1.807) is 23.6 Å². The zero-order valence-corrected chi connectivity index (χ0v) is 16.6. The first-order valence-corrected chi connectivity index (χ1v) is 10.7. The number of thiophene rings is 1. The lowest BCUT2D eigenvalue weighted by molar-refractivity contribution is -0.131. The predicted octanol–water partition coefficient (Wildman–Crippen LogP) is 4.33. The van der Waals surface area contributed by atoms with E-state index in [1.807, 2.05) is 16.3 Å². The van der Waals surface area contributed by atoms with Crippen LogP contribution in [0.3, 0.4) is 0 Å². The molecule has 4 rings (SSSR count). The van der Waals surface area contributed by atoms with Gasteiger partial charge in [-0.1, -0.05) is 18.2 Å². The number of hydrogen-bond acceptors (Lipinski definition) is 5. The van der Waals surface area contributed by atoms with Gasteiger partial charge in [-0.25, -0.2) is 9.37 Å². The first kappa shape index (κ1) is 18.8. The van der Waals surface area contributed by atoms with Crippen LogP contribution in [0.5, 0.6) is 0 Å². The van der Waals surface area contributed by atoms with Crippen molar-refractivity contribution in [2.45, 2.75) is 31.8 Å². The van der Waals surface area contributed by atoms with Crippen molar-refractivity contribution < 1.29 is 14.0 Å². The van der Waals surface area contributed by atoms with Crippen molar-refractivity contribution in [1.82, 2.24) is 9.88 Å². The van der Waals surface area contributed by atoms with E-state index < -0.39 is 0 Å². The fraction of sp³-hybridized carbons (Fsp3) is 0.250. The number of carbonyl (C=O) groups is 2. The molecule has 0 spiro atoms. The molecule has 0 aliphatic heterocycles. The summed E-state index contributed by atoms with van der Waals surface area (Å²) in [5.74, 6) is -0.487. The summed E-state index contributed by atoms with van der Waals surface area (Å²) in [5, 5.41) is 6.89. The third-order valence-corrected chi connectivity index (χ3v) is 6.10. The normalized spacial score (nSPS) is 13.3. The monoisotopic (exact) mass is 415 g/mol. The van der Waals surface area contributed by atoms with Crippen molar-refractivity contribution in [1.29, 1.82) is 0 Å². The summed E-state index contributed by atoms with van der Waals surface area (Å²) in [4.78, 5) is 31.8. The third kappa shape index (κ3) is 4.63. The van der Waals surface area contributed by atoms with Crippen molar-refractivity contribution in [2.24, 2.45) is 0 Å². The molecule has 28 heavy (non-hydrogen) atoms. The molecule has 1 saturated carbocycles. The number of aromatic nitrogens is 1. The zero-order valence-electron chi connectivity index (χ0n) is 14.9. The second-order valence-electron chi connectivity index (χ2n) is 6.63. The Hall–Kier alpha value is -2.58. The van der Waals surface area contributed by atoms with E-state index in [2.05, 4.69) is 10.3 Å². The van der Waals surface area contributed by atoms with Crippen LogP contribution in [0.2, 0.25) is 0 Å². The molecule has 5 nitrogen and oxygen atoms in total. The predicted molar refractivity (Wildman–Crippen MR) is 108 cm³/mol. The molecule has 2 aromatic heterocycles. The minimum atomic E-state index is -0.285. The van der Waals surface area contributed by atoms with E-state index in [4.69, 9.17) is 0 Å². The highest BCUT2D eigenvalue weighted by Gasteiger charge is 2.32. The lowest BCUT2D eigenvalue weighted by atomic mass is 10.2. The maximum absolute atomic E-state index is 13.1. The van der Waals surface area contributed by atoms with Gasteiger partial charge < -0.3 is 4.90 Å². The van der Waals surface area contributed by atoms with E-state index in [9.17, 15) is 14.0 Å². The van der Waals surface area contributed by atoms with Crippen molar-refractivity contribution in [3.63, 3.8) is 0 Å². The third-order valence-electron chi connectivity index (χ3n) is 4.42.